The van der Waals surface area contributed by atoms with Crippen molar-refractivity contribution in [3.63, 3.8) is 0 Å². The Morgan fingerprint density at radius 1 is 1.50 bits per heavy atom. The second-order valence-electron chi connectivity index (χ2n) is 4.60. The van der Waals surface area contributed by atoms with Crippen LogP contribution in [0.5, 0.6) is 0 Å². The van der Waals surface area contributed by atoms with E-state index < -0.39 is 0 Å². The molecule has 0 bridgehead atoms. The largest absolute Gasteiger partial charge is 0.330 e. The summed E-state index contributed by atoms with van der Waals surface area (Å²) in [5.41, 5.74) is 7.75. The lowest BCUT2D eigenvalue weighted by Gasteiger charge is -2.31. The Hall–Kier alpha value is -0.930. The molecule has 1 aromatic rings. The van der Waals surface area contributed by atoms with E-state index in [1.807, 2.05) is 19.1 Å². The molecule has 1 aliphatic heterocycles. The first-order valence-corrected chi connectivity index (χ1v) is 5.89. The molecule has 2 atom stereocenters. The zero-order valence-corrected chi connectivity index (χ0v) is 9.67. The fraction of sp³-hybridized carbons (Fsp3) is 0.538. The molecule has 88 valence electrons. The number of piperidine rings is 1. The van der Waals surface area contributed by atoms with E-state index in [1.165, 1.54) is 5.56 Å². The minimum Gasteiger partial charge on any atom is -0.330 e. The average Bonchev–Trinajstić information content (AvgIpc) is 2.32. The Balaban J connectivity index is 2.23. The second-order valence-corrected chi connectivity index (χ2v) is 4.60. The van der Waals surface area contributed by atoms with Crippen molar-refractivity contribution >= 4 is 0 Å². The van der Waals surface area contributed by atoms with Crippen LogP contribution in [0.1, 0.15) is 23.5 Å². The van der Waals surface area contributed by atoms with Crippen molar-refractivity contribution in [1.82, 2.24) is 5.32 Å². The number of nitrogens with one attached hydrogen (secondary N) is 1. The van der Waals surface area contributed by atoms with Crippen LogP contribution < -0.4 is 11.1 Å². The number of halogens is 1. The lowest BCUT2D eigenvalue weighted by Crippen LogP contribution is -2.39. The molecule has 3 heteroatoms. The van der Waals surface area contributed by atoms with Crippen LogP contribution in [0.3, 0.4) is 0 Å². The van der Waals surface area contributed by atoms with Crippen molar-refractivity contribution in [2.45, 2.75) is 19.3 Å². The summed E-state index contributed by atoms with van der Waals surface area (Å²) in [5.74, 6) is 0.825. The lowest BCUT2D eigenvalue weighted by molar-refractivity contribution is 0.332. The van der Waals surface area contributed by atoms with Crippen LogP contribution in [-0.4, -0.2) is 19.6 Å². The summed E-state index contributed by atoms with van der Waals surface area (Å²) in [7, 11) is 0. The molecule has 0 aliphatic carbocycles. The number of aryl methyl sites for hydroxylation is 1. The fourth-order valence-corrected chi connectivity index (χ4v) is 2.51. The van der Waals surface area contributed by atoms with E-state index >= 15 is 0 Å². The van der Waals surface area contributed by atoms with Gasteiger partial charge in [-0.05, 0) is 62.0 Å². The van der Waals surface area contributed by atoms with Crippen molar-refractivity contribution < 1.29 is 4.39 Å². The normalized spacial score (nSPS) is 25.7. The highest BCUT2D eigenvalue weighted by atomic mass is 19.1. The zero-order chi connectivity index (χ0) is 11.5. The van der Waals surface area contributed by atoms with Gasteiger partial charge in [-0.2, -0.15) is 0 Å². The molecule has 16 heavy (non-hydrogen) atoms. The SMILES string of the molecule is Cc1cc(C2CCNCC2CN)ccc1F. The molecule has 3 N–H and O–H groups in total. The van der Waals surface area contributed by atoms with Crippen LogP contribution in [0.15, 0.2) is 18.2 Å². The van der Waals surface area contributed by atoms with E-state index in [9.17, 15) is 4.39 Å². The standard InChI is InChI=1S/C13H19FN2/c1-9-6-10(2-3-13(9)14)12-4-5-16-8-11(12)7-15/h2-3,6,11-12,16H,4-5,7-8,15H2,1H3. The molecule has 2 unspecified atom stereocenters. The molecule has 0 spiro atoms. The molecule has 0 aromatic heterocycles. The van der Waals surface area contributed by atoms with Crippen LogP contribution in [0.4, 0.5) is 4.39 Å². The molecule has 1 fully saturated rings. The highest BCUT2D eigenvalue weighted by molar-refractivity contribution is 5.28. The van der Waals surface area contributed by atoms with Gasteiger partial charge in [0.2, 0.25) is 0 Å². The number of hydrogen-bond donors (Lipinski definition) is 2. The number of hydrogen-bond acceptors (Lipinski definition) is 2. The van der Waals surface area contributed by atoms with Gasteiger partial charge in [0.1, 0.15) is 5.82 Å². The maximum atomic E-state index is 13.2. The summed E-state index contributed by atoms with van der Waals surface area (Å²) in [5, 5.41) is 3.36. The first-order valence-electron chi connectivity index (χ1n) is 5.89. The minimum atomic E-state index is -0.123. The molecule has 1 heterocycles. The van der Waals surface area contributed by atoms with E-state index in [0.29, 0.717) is 18.4 Å². The number of benzene rings is 1. The van der Waals surface area contributed by atoms with E-state index in [1.54, 1.807) is 6.07 Å². The van der Waals surface area contributed by atoms with Crippen LogP contribution in [0, 0.1) is 18.7 Å². The van der Waals surface area contributed by atoms with Gasteiger partial charge in [-0.25, -0.2) is 4.39 Å². The van der Waals surface area contributed by atoms with Crippen LogP contribution in [0.25, 0.3) is 0 Å². The van der Waals surface area contributed by atoms with Crippen molar-refractivity contribution in [2.24, 2.45) is 11.7 Å². The molecule has 0 radical (unpaired) electrons. The Morgan fingerprint density at radius 3 is 3.00 bits per heavy atom. The highest BCUT2D eigenvalue weighted by Gasteiger charge is 2.25. The predicted octanol–water partition coefficient (Wildman–Crippen LogP) is 1.79. The Morgan fingerprint density at radius 2 is 2.31 bits per heavy atom. The lowest BCUT2D eigenvalue weighted by atomic mass is 9.81. The van der Waals surface area contributed by atoms with E-state index in [2.05, 4.69) is 5.32 Å². The second kappa shape index (κ2) is 4.93. The predicted molar refractivity (Wildman–Crippen MR) is 63.9 cm³/mol. The molecular formula is C13H19FN2. The van der Waals surface area contributed by atoms with Gasteiger partial charge in [0, 0.05) is 0 Å². The van der Waals surface area contributed by atoms with Crippen LogP contribution in [-0.2, 0) is 0 Å². The van der Waals surface area contributed by atoms with Crippen LogP contribution in [0.2, 0.25) is 0 Å². The molecule has 1 aliphatic rings. The third kappa shape index (κ3) is 2.25. The number of nitrogens with two attached hydrogens (primary N) is 1. The quantitative estimate of drug-likeness (QED) is 0.800. The summed E-state index contributed by atoms with van der Waals surface area (Å²) in [6.07, 6.45) is 1.09. The summed E-state index contributed by atoms with van der Waals surface area (Å²) in [6, 6.07) is 5.44. The van der Waals surface area contributed by atoms with Gasteiger partial charge in [-0.1, -0.05) is 12.1 Å². The van der Waals surface area contributed by atoms with Crippen molar-refractivity contribution in [1.29, 1.82) is 0 Å². The summed E-state index contributed by atoms with van der Waals surface area (Å²) in [4.78, 5) is 0. The van der Waals surface area contributed by atoms with Crippen molar-refractivity contribution in [2.75, 3.05) is 19.6 Å². The Bertz CT molecular complexity index is 365. The van der Waals surface area contributed by atoms with Crippen molar-refractivity contribution in [3.8, 4) is 0 Å². The monoisotopic (exact) mass is 222 g/mol. The first kappa shape index (κ1) is 11.6. The average molecular weight is 222 g/mol. The molecule has 2 nitrogen and oxygen atoms in total. The van der Waals surface area contributed by atoms with Gasteiger partial charge in [-0.3, -0.25) is 0 Å². The molecule has 0 amide bonds. The van der Waals surface area contributed by atoms with Gasteiger partial charge in [0.15, 0.2) is 0 Å². The zero-order valence-electron chi connectivity index (χ0n) is 9.67. The van der Waals surface area contributed by atoms with Gasteiger partial charge in [0.25, 0.3) is 0 Å². The first-order chi connectivity index (χ1) is 7.72. The molecule has 0 saturated carbocycles. The maximum Gasteiger partial charge on any atom is 0.126 e. The van der Waals surface area contributed by atoms with Gasteiger partial charge in [-0.15, -0.1) is 0 Å². The molecule has 1 saturated heterocycles. The highest BCUT2D eigenvalue weighted by Crippen LogP contribution is 2.30. The van der Waals surface area contributed by atoms with E-state index in [4.69, 9.17) is 5.73 Å². The smallest absolute Gasteiger partial charge is 0.126 e. The van der Waals surface area contributed by atoms with E-state index in [0.717, 1.165) is 25.1 Å². The third-order valence-corrected chi connectivity index (χ3v) is 3.52. The molecule has 1 aromatic carbocycles. The topological polar surface area (TPSA) is 38.0 Å². The van der Waals surface area contributed by atoms with E-state index in [-0.39, 0.29) is 5.82 Å². The molecular weight excluding hydrogens is 203 g/mol. The van der Waals surface area contributed by atoms with Gasteiger partial charge >= 0.3 is 0 Å². The maximum absolute atomic E-state index is 13.2. The molecule has 2 rings (SSSR count). The number of rotatable bonds is 2. The van der Waals surface area contributed by atoms with Crippen molar-refractivity contribution in [3.05, 3.63) is 35.1 Å². The Kier molecular flexibility index (Phi) is 3.56. The van der Waals surface area contributed by atoms with Crippen LogP contribution >= 0.6 is 0 Å². The van der Waals surface area contributed by atoms with Gasteiger partial charge in [0.05, 0.1) is 0 Å². The Labute approximate surface area is 96.0 Å². The minimum absolute atomic E-state index is 0.123. The summed E-state index contributed by atoms with van der Waals surface area (Å²) >= 11 is 0. The third-order valence-electron chi connectivity index (χ3n) is 3.52. The van der Waals surface area contributed by atoms with Gasteiger partial charge < -0.3 is 11.1 Å². The fourth-order valence-electron chi connectivity index (χ4n) is 2.51. The summed E-state index contributed by atoms with van der Waals surface area (Å²) in [6.45, 7) is 4.50. The summed E-state index contributed by atoms with van der Waals surface area (Å²) < 4.78 is 13.2.